The average molecular weight is 354 g/mol. The van der Waals surface area contributed by atoms with Gasteiger partial charge in [0.05, 0.1) is 17.0 Å². The molecule has 1 rings (SSSR count). The van der Waals surface area contributed by atoms with E-state index < -0.39 is 22.0 Å². The van der Waals surface area contributed by atoms with E-state index in [9.17, 15) is 13.2 Å². The summed E-state index contributed by atoms with van der Waals surface area (Å²) in [6.45, 7) is 0. The van der Waals surface area contributed by atoms with Gasteiger partial charge < -0.3 is 9.84 Å². The standard InChI is InChI=1S/C12H16ClNO5S2/c1-19-11-4-3-8(7-9(11)13)21(17,18)14-10(12(15)16)5-6-20-2/h3-4,7,10,14H,5-6H2,1-2H3,(H,15,16)/t10-/m1/s1. The second-order valence-electron chi connectivity index (χ2n) is 4.09. The van der Waals surface area contributed by atoms with Crippen LogP contribution >= 0.6 is 23.4 Å². The molecule has 0 unspecified atom stereocenters. The third-order valence-corrected chi connectivity index (χ3v) is 5.05. The van der Waals surface area contributed by atoms with E-state index >= 15 is 0 Å². The fourth-order valence-corrected chi connectivity index (χ4v) is 3.58. The van der Waals surface area contributed by atoms with E-state index in [1.54, 1.807) is 0 Å². The summed E-state index contributed by atoms with van der Waals surface area (Å²) in [5.74, 6) is -0.344. The highest BCUT2D eigenvalue weighted by molar-refractivity contribution is 7.98. The van der Waals surface area contributed by atoms with Crippen LogP contribution in [0.3, 0.4) is 0 Å². The Morgan fingerprint density at radius 2 is 2.19 bits per heavy atom. The van der Waals surface area contributed by atoms with Crippen LogP contribution < -0.4 is 9.46 Å². The molecule has 0 aliphatic carbocycles. The normalized spacial score (nSPS) is 12.9. The van der Waals surface area contributed by atoms with Crippen LogP contribution in [-0.2, 0) is 14.8 Å². The molecule has 1 aromatic rings. The minimum Gasteiger partial charge on any atom is -0.495 e. The van der Waals surface area contributed by atoms with E-state index in [1.165, 1.54) is 37.1 Å². The van der Waals surface area contributed by atoms with Crippen molar-refractivity contribution in [2.75, 3.05) is 19.1 Å². The summed E-state index contributed by atoms with van der Waals surface area (Å²) in [7, 11) is -2.55. The summed E-state index contributed by atoms with van der Waals surface area (Å²) in [4.78, 5) is 11.0. The smallest absolute Gasteiger partial charge is 0.321 e. The number of nitrogens with one attached hydrogen (secondary N) is 1. The summed E-state index contributed by atoms with van der Waals surface area (Å²) in [5.41, 5.74) is 0. The van der Waals surface area contributed by atoms with Gasteiger partial charge in [0.15, 0.2) is 0 Å². The number of ether oxygens (including phenoxy) is 1. The molecule has 21 heavy (non-hydrogen) atoms. The molecule has 1 atom stereocenters. The van der Waals surface area contributed by atoms with Crippen molar-refractivity contribution in [2.45, 2.75) is 17.4 Å². The lowest BCUT2D eigenvalue weighted by Gasteiger charge is -2.15. The lowest BCUT2D eigenvalue weighted by molar-refractivity contribution is -0.139. The zero-order valence-corrected chi connectivity index (χ0v) is 13.9. The monoisotopic (exact) mass is 353 g/mol. The first-order chi connectivity index (χ1) is 9.81. The molecule has 0 fully saturated rings. The van der Waals surface area contributed by atoms with Crippen LogP contribution in [-0.4, -0.2) is 44.7 Å². The maximum absolute atomic E-state index is 12.2. The van der Waals surface area contributed by atoms with Crippen LogP contribution in [0, 0.1) is 0 Å². The summed E-state index contributed by atoms with van der Waals surface area (Å²) in [6.07, 6.45) is 2.01. The molecule has 9 heteroatoms. The molecular weight excluding hydrogens is 338 g/mol. The van der Waals surface area contributed by atoms with Gasteiger partial charge in [-0.3, -0.25) is 4.79 Å². The SMILES string of the molecule is COc1ccc(S(=O)(=O)N[C@H](CCSC)C(=O)O)cc1Cl. The van der Waals surface area contributed by atoms with E-state index in [0.717, 1.165) is 0 Å². The molecule has 0 amide bonds. The van der Waals surface area contributed by atoms with Crippen LogP contribution in [0.2, 0.25) is 5.02 Å². The highest BCUT2D eigenvalue weighted by atomic mass is 35.5. The van der Waals surface area contributed by atoms with E-state index in [1.807, 2.05) is 6.26 Å². The van der Waals surface area contributed by atoms with Gasteiger partial charge in [-0.2, -0.15) is 16.5 Å². The maximum Gasteiger partial charge on any atom is 0.321 e. The average Bonchev–Trinajstić information content (AvgIpc) is 2.43. The minimum absolute atomic E-state index is 0.108. The zero-order chi connectivity index (χ0) is 16.0. The number of halogens is 1. The first-order valence-electron chi connectivity index (χ1n) is 5.89. The third kappa shape index (κ3) is 5.06. The van der Waals surface area contributed by atoms with Gasteiger partial charge in [-0.1, -0.05) is 11.6 Å². The Labute approximate surface area is 132 Å². The Hall–Kier alpha value is -0.960. The molecule has 2 N–H and O–H groups in total. The number of carboxylic acid groups (broad SMARTS) is 1. The number of thioether (sulfide) groups is 1. The molecule has 0 saturated carbocycles. The fraction of sp³-hybridized carbons (Fsp3) is 0.417. The van der Waals surface area contributed by atoms with Crippen molar-refractivity contribution in [3.05, 3.63) is 23.2 Å². The first kappa shape index (κ1) is 18.1. The molecule has 6 nitrogen and oxygen atoms in total. The molecule has 118 valence electrons. The molecule has 0 aliphatic heterocycles. The maximum atomic E-state index is 12.2. The van der Waals surface area contributed by atoms with Gasteiger partial charge in [-0.05, 0) is 36.6 Å². The Morgan fingerprint density at radius 3 is 2.67 bits per heavy atom. The molecule has 0 bridgehead atoms. The second kappa shape index (κ2) is 7.88. The van der Waals surface area contributed by atoms with E-state index in [2.05, 4.69) is 4.72 Å². The largest absolute Gasteiger partial charge is 0.495 e. The van der Waals surface area contributed by atoms with Crippen molar-refractivity contribution >= 4 is 39.4 Å². The zero-order valence-electron chi connectivity index (χ0n) is 11.5. The van der Waals surface area contributed by atoms with Crippen molar-refractivity contribution in [2.24, 2.45) is 0 Å². The number of benzene rings is 1. The Bertz CT molecular complexity index is 606. The number of carboxylic acids is 1. The van der Waals surface area contributed by atoms with Crippen LogP contribution in [0.1, 0.15) is 6.42 Å². The van der Waals surface area contributed by atoms with Crippen molar-refractivity contribution in [1.29, 1.82) is 0 Å². The number of hydrogen-bond donors (Lipinski definition) is 2. The van der Waals surface area contributed by atoms with Crippen LogP contribution in [0.4, 0.5) is 0 Å². The highest BCUT2D eigenvalue weighted by Gasteiger charge is 2.25. The summed E-state index contributed by atoms with van der Waals surface area (Å²) < 4.78 is 31.5. The van der Waals surface area contributed by atoms with Gasteiger partial charge in [-0.15, -0.1) is 0 Å². The lowest BCUT2D eigenvalue weighted by Crippen LogP contribution is -2.41. The third-order valence-electron chi connectivity index (χ3n) is 2.64. The van der Waals surface area contributed by atoms with Gasteiger partial charge >= 0.3 is 5.97 Å². The van der Waals surface area contributed by atoms with E-state index in [0.29, 0.717) is 11.5 Å². The van der Waals surface area contributed by atoms with Crippen LogP contribution in [0.15, 0.2) is 23.1 Å². The van der Waals surface area contributed by atoms with Crippen LogP contribution in [0.5, 0.6) is 5.75 Å². The summed E-state index contributed by atoms with van der Waals surface area (Å²) in [6, 6.07) is 2.76. The number of carbonyl (C=O) groups is 1. The van der Waals surface area contributed by atoms with Gasteiger partial charge in [0.25, 0.3) is 0 Å². The van der Waals surface area contributed by atoms with Gasteiger partial charge in [0.1, 0.15) is 11.8 Å². The molecule has 0 saturated heterocycles. The Kier molecular flexibility index (Phi) is 6.79. The molecule has 1 aromatic carbocycles. The predicted octanol–water partition coefficient (Wildman–Crippen LogP) is 1.83. The number of sulfonamides is 1. The first-order valence-corrected chi connectivity index (χ1v) is 9.15. The van der Waals surface area contributed by atoms with Crippen molar-refractivity contribution in [3.63, 3.8) is 0 Å². The minimum atomic E-state index is -3.96. The fourth-order valence-electron chi connectivity index (χ4n) is 1.54. The summed E-state index contributed by atoms with van der Waals surface area (Å²) in [5, 5.41) is 9.20. The molecule has 0 radical (unpaired) electrons. The number of hydrogen-bond acceptors (Lipinski definition) is 5. The second-order valence-corrected chi connectivity index (χ2v) is 7.20. The van der Waals surface area contributed by atoms with E-state index in [4.69, 9.17) is 21.4 Å². The van der Waals surface area contributed by atoms with Gasteiger partial charge in [-0.25, -0.2) is 8.42 Å². The molecular formula is C12H16ClNO5S2. The topological polar surface area (TPSA) is 92.7 Å². The van der Waals surface area contributed by atoms with Crippen molar-refractivity contribution in [1.82, 2.24) is 4.72 Å². The molecule has 0 heterocycles. The van der Waals surface area contributed by atoms with Gasteiger partial charge in [0, 0.05) is 0 Å². The van der Waals surface area contributed by atoms with Crippen molar-refractivity contribution in [3.8, 4) is 5.75 Å². The molecule has 0 spiro atoms. The van der Waals surface area contributed by atoms with E-state index in [-0.39, 0.29) is 16.3 Å². The highest BCUT2D eigenvalue weighted by Crippen LogP contribution is 2.27. The van der Waals surface area contributed by atoms with Gasteiger partial charge in [0.2, 0.25) is 10.0 Å². The summed E-state index contributed by atoms with van der Waals surface area (Å²) >= 11 is 7.32. The predicted molar refractivity (Wildman–Crippen MR) is 82.7 cm³/mol. The molecule has 0 aromatic heterocycles. The Morgan fingerprint density at radius 1 is 1.52 bits per heavy atom. The number of methoxy groups -OCH3 is 1. The van der Waals surface area contributed by atoms with Crippen molar-refractivity contribution < 1.29 is 23.1 Å². The molecule has 0 aliphatic rings. The lowest BCUT2D eigenvalue weighted by atomic mass is 10.2. The number of rotatable bonds is 8. The van der Waals surface area contributed by atoms with Crippen LogP contribution in [0.25, 0.3) is 0 Å². The number of aliphatic carboxylic acids is 1. The Balaban J connectivity index is 2.99. The quantitative estimate of drug-likeness (QED) is 0.740.